The number of aliphatic hydroxyl groups excluding tert-OH is 3. The Morgan fingerprint density at radius 3 is 2.39 bits per heavy atom. The summed E-state index contributed by atoms with van der Waals surface area (Å²) < 4.78 is 21.2. The van der Waals surface area contributed by atoms with Crippen LogP contribution in [0.15, 0.2) is 54.6 Å². The molecule has 1 aliphatic heterocycles. The van der Waals surface area contributed by atoms with Crippen molar-refractivity contribution in [3.8, 4) is 5.75 Å². The molecule has 1 unspecified atom stereocenters. The Balaban J connectivity index is 1.74. The Morgan fingerprint density at radius 2 is 1.79 bits per heavy atom. The standard InChI is InChI=1S/C26H34N2O10/c1-4-36-28(18-10-12-19(34-3)13-11-18)16(2)24(31)38-23-21(25(32)37-20(14-29)22(23)30)27-26(33)35-15-17-8-6-5-7-9-17/h5-13,16,20-23,25,29-30,32H,4,14-15H2,1-3H3,(H,27,33)/t16-,20+,21+,22+,23+,25?/m0/s1. The number of hydrogen-bond donors (Lipinski definition) is 4. The van der Waals surface area contributed by atoms with E-state index in [0.29, 0.717) is 11.4 Å². The van der Waals surface area contributed by atoms with E-state index in [2.05, 4.69) is 5.32 Å². The first-order valence-electron chi connectivity index (χ1n) is 12.1. The van der Waals surface area contributed by atoms with Crippen LogP contribution in [0, 0.1) is 0 Å². The number of nitrogens with zero attached hydrogens (tertiary/aromatic N) is 1. The lowest BCUT2D eigenvalue weighted by Crippen LogP contribution is -2.65. The second-order valence-corrected chi connectivity index (χ2v) is 8.49. The van der Waals surface area contributed by atoms with Gasteiger partial charge in [0.1, 0.15) is 30.6 Å². The molecule has 3 rings (SSSR count). The molecule has 1 heterocycles. The summed E-state index contributed by atoms with van der Waals surface area (Å²) in [6.07, 6.45) is -6.95. The first-order valence-corrected chi connectivity index (χ1v) is 12.1. The van der Waals surface area contributed by atoms with Gasteiger partial charge in [0.2, 0.25) is 0 Å². The van der Waals surface area contributed by atoms with Crippen LogP contribution in [0.25, 0.3) is 0 Å². The Labute approximate surface area is 220 Å². The van der Waals surface area contributed by atoms with E-state index >= 15 is 0 Å². The van der Waals surface area contributed by atoms with E-state index in [0.717, 1.165) is 5.56 Å². The summed E-state index contributed by atoms with van der Waals surface area (Å²) in [5.41, 5.74) is 1.27. The molecular weight excluding hydrogens is 500 g/mol. The predicted molar refractivity (Wildman–Crippen MR) is 134 cm³/mol. The number of methoxy groups -OCH3 is 1. The number of esters is 1. The Kier molecular flexibility index (Phi) is 10.7. The molecule has 1 aliphatic rings. The molecule has 2 aromatic carbocycles. The minimum Gasteiger partial charge on any atom is -0.497 e. The van der Waals surface area contributed by atoms with Gasteiger partial charge in [0.15, 0.2) is 18.4 Å². The highest BCUT2D eigenvalue weighted by Crippen LogP contribution is 2.26. The molecule has 1 amide bonds. The molecule has 0 spiro atoms. The number of anilines is 1. The Hall–Kier alpha value is -3.42. The first kappa shape index (κ1) is 29.1. The van der Waals surface area contributed by atoms with Crippen LogP contribution >= 0.6 is 0 Å². The molecule has 0 aliphatic carbocycles. The molecule has 0 saturated carbocycles. The van der Waals surface area contributed by atoms with Crippen molar-refractivity contribution in [3.63, 3.8) is 0 Å². The van der Waals surface area contributed by atoms with Crippen molar-refractivity contribution in [2.45, 2.75) is 57.1 Å². The SMILES string of the molecule is CCON(c1ccc(OC)cc1)[C@@H](C)C(=O)O[C@H]1[C@H](O)[C@@H](CO)OC(O)[C@@H]1NC(=O)OCc1ccccc1. The molecular formula is C26H34N2O10. The van der Waals surface area contributed by atoms with Crippen LogP contribution in [-0.2, 0) is 30.4 Å². The number of aliphatic hydroxyl groups is 3. The van der Waals surface area contributed by atoms with Crippen molar-refractivity contribution in [3.05, 3.63) is 60.2 Å². The van der Waals surface area contributed by atoms with E-state index in [1.807, 2.05) is 6.07 Å². The van der Waals surface area contributed by atoms with Gasteiger partial charge in [-0.2, -0.15) is 0 Å². The maximum Gasteiger partial charge on any atom is 0.407 e. The van der Waals surface area contributed by atoms with Gasteiger partial charge in [-0.3, -0.25) is 4.84 Å². The molecule has 4 N–H and O–H groups in total. The zero-order valence-corrected chi connectivity index (χ0v) is 21.4. The van der Waals surface area contributed by atoms with Gasteiger partial charge >= 0.3 is 12.1 Å². The smallest absolute Gasteiger partial charge is 0.407 e. The van der Waals surface area contributed by atoms with Crippen LogP contribution in [0.3, 0.4) is 0 Å². The van der Waals surface area contributed by atoms with Crippen molar-refractivity contribution < 1.29 is 48.7 Å². The van der Waals surface area contributed by atoms with Crippen LogP contribution < -0.4 is 15.1 Å². The predicted octanol–water partition coefficient (Wildman–Crippen LogP) is 1.12. The van der Waals surface area contributed by atoms with Gasteiger partial charge < -0.3 is 39.6 Å². The lowest BCUT2D eigenvalue weighted by atomic mass is 9.96. The van der Waals surface area contributed by atoms with Gasteiger partial charge in [-0.25, -0.2) is 14.7 Å². The van der Waals surface area contributed by atoms with Gasteiger partial charge in [-0.05, 0) is 43.7 Å². The average molecular weight is 535 g/mol. The summed E-state index contributed by atoms with van der Waals surface area (Å²) >= 11 is 0. The fourth-order valence-corrected chi connectivity index (χ4v) is 3.89. The Morgan fingerprint density at radius 1 is 1.11 bits per heavy atom. The minimum absolute atomic E-state index is 0.0508. The summed E-state index contributed by atoms with van der Waals surface area (Å²) in [5.74, 6) is -0.212. The lowest BCUT2D eigenvalue weighted by Gasteiger charge is -2.42. The Bertz CT molecular complexity index is 1020. The van der Waals surface area contributed by atoms with Gasteiger partial charge in [0.05, 0.1) is 26.0 Å². The van der Waals surface area contributed by atoms with Gasteiger partial charge in [-0.15, -0.1) is 0 Å². The number of hydrogen-bond acceptors (Lipinski definition) is 11. The third kappa shape index (κ3) is 7.33. The van der Waals surface area contributed by atoms with E-state index < -0.39 is 55.4 Å². The van der Waals surface area contributed by atoms with Crippen LogP contribution in [-0.4, -0.2) is 84.4 Å². The second kappa shape index (κ2) is 13.9. The summed E-state index contributed by atoms with van der Waals surface area (Å²) in [7, 11) is 1.53. The number of rotatable bonds is 11. The molecule has 0 aromatic heterocycles. The van der Waals surface area contributed by atoms with Crippen LogP contribution in [0.2, 0.25) is 0 Å². The summed E-state index contributed by atoms with van der Waals surface area (Å²) in [6.45, 7) is 2.81. The number of benzene rings is 2. The number of carbonyl (C=O) groups excluding carboxylic acids is 2. The number of ether oxygens (including phenoxy) is 4. The van der Waals surface area contributed by atoms with Crippen molar-refractivity contribution in [1.29, 1.82) is 0 Å². The molecule has 0 radical (unpaired) electrons. The number of nitrogens with one attached hydrogen (secondary N) is 1. The van der Waals surface area contributed by atoms with Crippen molar-refractivity contribution in [2.24, 2.45) is 0 Å². The third-order valence-electron chi connectivity index (χ3n) is 5.91. The highest BCUT2D eigenvalue weighted by molar-refractivity contribution is 5.79. The van der Waals surface area contributed by atoms with E-state index in [9.17, 15) is 24.9 Å². The normalized spacial score (nSPS) is 23.7. The highest BCUT2D eigenvalue weighted by Gasteiger charge is 2.48. The van der Waals surface area contributed by atoms with Crippen LogP contribution in [0.4, 0.5) is 10.5 Å². The fraction of sp³-hybridized carbons (Fsp3) is 0.462. The zero-order chi connectivity index (χ0) is 27.7. The van der Waals surface area contributed by atoms with E-state index in [-0.39, 0.29) is 13.2 Å². The van der Waals surface area contributed by atoms with E-state index in [4.69, 9.17) is 23.8 Å². The molecule has 12 nitrogen and oxygen atoms in total. The molecule has 6 atom stereocenters. The van der Waals surface area contributed by atoms with Crippen molar-refractivity contribution >= 4 is 17.7 Å². The summed E-state index contributed by atoms with van der Waals surface area (Å²) in [6, 6.07) is 13.3. The molecule has 2 aromatic rings. The molecule has 12 heteroatoms. The van der Waals surface area contributed by atoms with E-state index in [1.165, 1.54) is 19.1 Å². The zero-order valence-electron chi connectivity index (χ0n) is 21.4. The largest absolute Gasteiger partial charge is 0.497 e. The number of hydroxylamine groups is 1. The van der Waals surface area contributed by atoms with E-state index in [1.54, 1.807) is 55.5 Å². The first-order chi connectivity index (χ1) is 18.3. The quantitative estimate of drug-likeness (QED) is 0.242. The van der Waals surface area contributed by atoms with Crippen LogP contribution in [0.1, 0.15) is 19.4 Å². The van der Waals surface area contributed by atoms with Crippen molar-refractivity contribution in [2.75, 3.05) is 25.4 Å². The highest BCUT2D eigenvalue weighted by atomic mass is 16.7. The topological polar surface area (TPSA) is 156 Å². The number of alkyl carbamates (subject to hydrolysis) is 1. The van der Waals surface area contributed by atoms with Gasteiger partial charge in [-0.1, -0.05) is 30.3 Å². The van der Waals surface area contributed by atoms with Crippen LogP contribution in [0.5, 0.6) is 5.75 Å². The number of carbonyl (C=O) groups is 2. The monoisotopic (exact) mass is 534 g/mol. The van der Waals surface area contributed by atoms with Crippen molar-refractivity contribution in [1.82, 2.24) is 5.32 Å². The maximum absolute atomic E-state index is 13.2. The van der Waals surface area contributed by atoms with Gasteiger partial charge in [0, 0.05) is 0 Å². The molecule has 208 valence electrons. The fourth-order valence-electron chi connectivity index (χ4n) is 3.89. The minimum atomic E-state index is -1.71. The molecule has 38 heavy (non-hydrogen) atoms. The summed E-state index contributed by atoms with van der Waals surface area (Å²) in [4.78, 5) is 31.3. The summed E-state index contributed by atoms with van der Waals surface area (Å²) in [5, 5.41) is 34.6. The van der Waals surface area contributed by atoms with Gasteiger partial charge in [0.25, 0.3) is 0 Å². The molecule has 1 saturated heterocycles. The third-order valence-corrected chi connectivity index (χ3v) is 5.91. The second-order valence-electron chi connectivity index (χ2n) is 8.49. The average Bonchev–Trinajstić information content (AvgIpc) is 2.94. The lowest BCUT2D eigenvalue weighted by molar-refractivity contribution is -0.258. The molecule has 0 bridgehead atoms. The maximum atomic E-state index is 13.2. The molecule has 1 fully saturated rings. The number of amides is 1.